The lowest BCUT2D eigenvalue weighted by atomic mass is 9.92. The molecular formula is C15H22N2O3. The molecule has 0 spiro atoms. The number of pyridine rings is 1. The number of amides is 1. The van der Waals surface area contributed by atoms with Crippen LogP contribution in [0.1, 0.15) is 37.7 Å². The highest BCUT2D eigenvalue weighted by molar-refractivity contribution is 5.76. The highest BCUT2D eigenvalue weighted by Gasteiger charge is 2.24. The maximum atomic E-state index is 11.9. The molecule has 1 heterocycles. The first-order valence-electron chi connectivity index (χ1n) is 7.14. The minimum atomic E-state index is -0.397. The van der Waals surface area contributed by atoms with Crippen molar-refractivity contribution >= 4 is 5.91 Å². The predicted octanol–water partition coefficient (Wildman–Crippen LogP) is 1.44. The van der Waals surface area contributed by atoms with Crippen LogP contribution >= 0.6 is 0 Å². The summed E-state index contributed by atoms with van der Waals surface area (Å²) in [6.07, 6.45) is 7.78. The molecule has 1 aliphatic rings. The third kappa shape index (κ3) is 4.20. The Labute approximate surface area is 119 Å². The average Bonchev–Trinajstić information content (AvgIpc) is 2.48. The molecule has 110 valence electrons. The molecule has 5 nitrogen and oxygen atoms in total. The summed E-state index contributed by atoms with van der Waals surface area (Å²) in [6.45, 7) is 0. The lowest BCUT2D eigenvalue weighted by Gasteiger charge is -2.28. The van der Waals surface area contributed by atoms with Gasteiger partial charge in [-0.05, 0) is 30.9 Å². The van der Waals surface area contributed by atoms with Gasteiger partial charge in [0, 0.05) is 12.6 Å². The standard InChI is InChI=1S/C15H22N2O3/c1-20-12-8-11(9-16-10-12)6-7-15(19)17-13-4-2-3-5-14(13)18/h8-10,13-14,18H,2-7H2,1H3,(H,17,19). The quantitative estimate of drug-likeness (QED) is 0.855. The van der Waals surface area contributed by atoms with E-state index in [1.807, 2.05) is 6.07 Å². The van der Waals surface area contributed by atoms with Gasteiger partial charge < -0.3 is 15.2 Å². The second-order valence-corrected chi connectivity index (χ2v) is 5.26. The van der Waals surface area contributed by atoms with Crippen LogP contribution in [0.5, 0.6) is 5.75 Å². The zero-order valence-corrected chi connectivity index (χ0v) is 11.8. The van der Waals surface area contributed by atoms with E-state index in [-0.39, 0.29) is 11.9 Å². The molecule has 2 N–H and O–H groups in total. The van der Waals surface area contributed by atoms with E-state index < -0.39 is 6.10 Å². The number of hydrogen-bond acceptors (Lipinski definition) is 4. The molecule has 1 aromatic rings. The second-order valence-electron chi connectivity index (χ2n) is 5.26. The first kappa shape index (κ1) is 14.8. The maximum absolute atomic E-state index is 11.9. The Balaban J connectivity index is 1.79. The number of nitrogens with one attached hydrogen (secondary N) is 1. The molecular weight excluding hydrogens is 256 g/mol. The molecule has 1 saturated carbocycles. The molecule has 20 heavy (non-hydrogen) atoms. The summed E-state index contributed by atoms with van der Waals surface area (Å²) in [5.41, 5.74) is 0.976. The summed E-state index contributed by atoms with van der Waals surface area (Å²) in [7, 11) is 1.60. The van der Waals surface area contributed by atoms with Gasteiger partial charge in [-0.1, -0.05) is 12.8 Å². The van der Waals surface area contributed by atoms with Crippen LogP contribution in [0.4, 0.5) is 0 Å². The number of rotatable bonds is 5. The summed E-state index contributed by atoms with van der Waals surface area (Å²) in [5.74, 6) is 0.685. The minimum absolute atomic E-state index is 0.0150. The zero-order chi connectivity index (χ0) is 14.4. The fourth-order valence-corrected chi connectivity index (χ4v) is 2.53. The van der Waals surface area contributed by atoms with E-state index in [9.17, 15) is 9.90 Å². The van der Waals surface area contributed by atoms with E-state index in [1.54, 1.807) is 19.5 Å². The van der Waals surface area contributed by atoms with E-state index in [0.29, 0.717) is 18.6 Å². The van der Waals surface area contributed by atoms with Crippen LogP contribution in [0.15, 0.2) is 18.5 Å². The van der Waals surface area contributed by atoms with Crippen molar-refractivity contribution in [3.8, 4) is 5.75 Å². The fraction of sp³-hybridized carbons (Fsp3) is 0.600. The third-order valence-electron chi connectivity index (χ3n) is 3.72. The van der Waals surface area contributed by atoms with Gasteiger partial charge in [-0.25, -0.2) is 0 Å². The molecule has 1 aromatic heterocycles. The highest BCUT2D eigenvalue weighted by Crippen LogP contribution is 2.18. The Morgan fingerprint density at radius 1 is 1.45 bits per heavy atom. The number of methoxy groups -OCH3 is 1. The van der Waals surface area contributed by atoms with Gasteiger partial charge in [0.05, 0.1) is 25.5 Å². The van der Waals surface area contributed by atoms with Crippen molar-refractivity contribution in [2.24, 2.45) is 0 Å². The maximum Gasteiger partial charge on any atom is 0.220 e. The largest absolute Gasteiger partial charge is 0.495 e. The topological polar surface area (TPSA) is 71.5 Å². The predicted molar refractivity (Wildman–Crippen MR) is 75.5 cm³/mol. The number of aliphatic hydroxyl groups is 1. The number of carbonyl (C=O) groups excluding carboxylic acids is 1. The Kier molecular flexibility index (Phi) is 5.35. The van der Waals surface area contributed by atoms with Crippen molar-refractivity contribution in [3.63, 3.8) is 0 Å². The molecule has 0 saturated heterocycles. The third-order valence-corrected chi connectivity index (χ3v) is 3.72. The molecule has 0 aromatic carbocycles. The van der Waals surface area contributed by atoms with Crippen LogP contribution in [0, 0.1) is 0 Å². The van der Waals surface area contributed by atoms with Gasteiger partial charge in [0.1, 0.15) is 5.75 Å². The van der Waals surface area contributed by atoms with Gasteiger partial charge in [-0.15, -0.1) is 0 Å². The van der Waals surface area contributed by atoms with Crippen molar-refractivity contribution < 1.29 is 14.6 Å². The van der Waals surface area contributed by atoms with Crippen LogP contribution in [0.3, 0.4) is 0 Å². The molecule has 1 amide bonds. The van der Waals surface area contributed by atoms with E-state index in [0.717, 1.165) is 31.2 Å². The summed E-state index contributed by atoms with van der Waals surface area (Å²) in [4.78, 5) is 16.0. The van der Waals surface area contributed by atoms with Gasteiger partial charge in [-0.3, -0.25) is 9.78 Å². The summed E-state index contributed by atoms with van der Waals surface area (Å²) in [6, 6.07) is 1.80. The molecule has 1 aliphatic carbocycles. The zero-order valence-electron chi connectivity index (χ0n) is 11.8. The average molecular weight is 278 g/mol. The summed E-state index contributed by atoms with van der Waals surface area (Å²) >= 11 is 0. The molecule has 2 unspecified atom stereocenters. The smallest absolute Gasteiger partial charge is 0.220 e. The molecule has 5 heteroatoms. The molecule has 0 radical (unpaired) electrons. The van der Waals surface area contributed by atoms with Crippen molar-refractivity contribution in [2.75, 3.05) is 7.11 Å². The Hall–Kier alpha value is -1.62. The molecule has 2 rings (SSSR count). The molecule has 0 bridgehead atoms. The van der Waals surface area contributed by atoms with Crippen molar-refractivity contribution in [1.29, 1.82) is 0 Å². The van der Waals surface area contributed by atoms with Crippen LogP contribution < -0.4 is 10.1 Å². The number of hydrogen-bond donors (Lipinski definition) is 2. The lowest BCUT2D eigenvalue weighted by Crippen LogP contribution is -2.45. The van der Waals surface area contributed by atoms with Gasteiger partial charge in [0.15, 0.2) is 0 Å². The van der Waals surface area contributed by atoms with Crippen molar-refractivity contribution in [3.05, 3.63) is 24.0 Å². The number of nitrogens with zero attached hydrogens (tertiary/aromatic N) is 1. The first-order valence-corrected chi connectivity index (χ1v) is 7.14. The highest BCUT2D eigenvalue weighted by atomic mass is 16.5. The Morgan fingerprint density at radius 2 is 2.25 bits per heavy atom. The number of carbonyl (C=O) groups is 1. The lowest BCUT2D eigenvalue weighted by molar-refractivity contribution is -0.123. The van der Waals surface area contributed by atoms with Gasteiger partial charge in [0.2, 0.25) is 5.91 Å². The Bertz CT molecular complexity index is 450. The number of aliphatic hydroxyl groups excluding tert-OH is 1. The van der Waals surface area contributed by atoms with Crippen molar-refractivity contribution in [2.45, 2.75) is 50.7 Å². The monoisotopic (exact) mass is 278 g/mol. The van der Waals surface area contributed by atoms with E-state index >= 15 is 0 Å². The van der Waals surface area contributed by atoms with E-state index in [2.05, 4.69) is 10.3 Å². The second kappa shape index (κ2) is 7.24. The van der Waals surface area contributed by atoms with Crippen molar-refractivity contribution in [1.82, 2.24) is 10.3 Å². The number of ether oxygens (including phenoxy) is 1. The van der Waals surface area contributed by atoms with Crippen LogP contribution in [0.25, 0.3) is 0 Å². The molecule has 1 fully saturated rings. The minimum Gasteiger partial charge on any atom is -0.495 e. The van der Waals surface area contributed by atoms with Gasteiger partial charge in [-0.2, -0.15) is 0 Å². The van der Waals surface area contributed by atoms with Crippen LogP contribution in [-0.4, -0.2) is 35.3 Å². The van der Waals surface area contributed by atoms with Crippen LogP contribution in [-0.2, 0) is 11.2 Å². The number of aromatic nitrogens is 1. The van der Waals surface area contributed by atoms with E-state index in [4.69, 9.17) is 4.74 Å². The van der Waals surface area contributed by atoms with Crippen LogP contribution in [0.2, 0.25) is 0 Å². The summed E-state index contributed by atoms with van der Waals surface area (Å²) < 4.78 is 5.10. The first-order chi connectivity index (χ1) is 9.69. The SMILES string of the molecule is COc1cncc(CCC(=O)NC2CCCCC2O)c1. The summed E-state index contributed by atoms with van der Waals surface area (Å²) in [5, 5.41) is 12.8. The normalized spacial score (nSPS) is 22.3. The Morgan fingerprint density at radius 3 is 3.00 bits per heavy atom. The van der Waals surface area contributed by atoms with Gasteiger partial charge in [0.25, 0.3) is 0 Å². The molecule has 0 aliphatic heterocycles. The number of aryl methyl sites for hydroxylation is 1. The van der Waals surface area contributed by atoms with Gasteiger partial charge >= 0.3 is 0 Å². The van der Waals surface area contributed by atoms with E-state index in [1.165, 1.54) is 0 Å². The molecule has 2 atom stereocenters. The fourth-order valence-electron chi connectivity index (χ4n) is 2.53.